The van der Waals surface area contributed by atoms with Crippen molar-refractivity contribution in [2.45, 2.75) is 11.3 Å². The third-order valence-corrected chi connectivity index (χ3v) is 7.32. The lowest BCUT2D eigenvalue weighted by molar-refractivity contribution is 0.0509. The van der Waals surface area contributed by atoms with Gasteiger partial charge in [-0.25, -0.2) is 13.2 Å². The van der Waals surface area contributed by atoms with E-state index in [1.54, 1.807) is 12.1 Å². The number of hydrogen-bond donors (Lipinski definition) is 1. The summed E-state index contributed by atoms with van der Waals surface area (Å²) in [6.45, 7) is 0.0977. The number of methoxy groups -OCH3 is 2. The highest BCUT2D eigenvalue weighted by molar-refractivity contribution is 9.10. The Morgan fingerprint density at radius 3 is 2.55 bits per heavy atom. The van der Waals surface area contributed by atoms with Crippen molar-refractivity contribution in [1.82, 2.24) is 0 Å². The van der Waals surface area contributed by atoms with Crippen molar-refractivity contribution in [1.29, 1.82) is 0 Å². The topological polar surface area (TPSA) is 90.9 Å². The summed E-state index contributed by atoms with van der Waals surface area (Å²) in [5.41, 5.74) is 2.77. The number of fused-ring (bicyclic) bond motifs is 6. The van der Waals surface area contributed by atoms with Crippen LogP contribution in [0.3, 0.4) is 0 Å². The molecule has 1 heterocycles. The average molecular weight is 553 g/mol. The van der Waals surface area contributed by atoms with E-state index in [9.17, 15) is 13.2 Å². The highest BCUT2D eigenvalue weighted by Gasteiger charge is 2.27. The fraction of sp³-hybridized carbons (Fsp3) is 0.174. The third-order valence-electron chi connectivity index (χ3n) is 5.17. The number of hydrogen-bond acceptors (Lipinski definition) is 6. The van der Waals surface area contributed by atoms with Gasteiger partial charge in [-0.15, -0.1) is 0 Å². The van der Waals surface area contributed by atoms with Crippen LogP contribution in [-0.2, 0) is 21.2 Å². The van der Waals surface area contributed by atoms with Crippen molar-refractivity contribution in [3.05, 3.63) is 69.2 Å². The Bertz CT molecular complexity index is 1360. The Labute approximate surface area is 204 Å². The number of anilines is 1. The Morgan fingerprint density at radius 2 is 1.82 bits per heavy atom. The summed E-state index contributed by atoms with van der Waals surface area (Å²) in [5, 5.41) is -0.0321. The smallest absolute Gasteiger partial charge is 0.338 e. The first kappa shape index (κ1) is 23.4. The molecule has 0 atom stereocenters. The fourth-order valence-electron chi connectivity index (χ4n) is 3.61. The van der Waals surface area contributed by atoms with Crippen LogP contribution < -0.4 is 14.2 Å². The predicted octanol–water partition coefficient (Wildman–Crippen LogP) is 5.30. The number of carbonyl (C=O) groups is 1. The van der Waals surface area contributed by atoms with Gasteiger partial charge in [0.2, 0.25) is 0 Å². The van der Waals surface area contributed by atoms with Crippen LogP contribution in [-0.4, -0.2) is 35.2 Å². The minimum atomic E-state index is -4.23. The molecule has 0 saturated heterocycles. The van der Waals surface area contributed by atoms with Crippen LogP contribution in [0.25, 0.3) is 11.1 Å². The summed E-state index contributed by atoms with van der Waals surface area (Å²) in [6.07, 6.45) is 0.457. The molecule has 10 heteroatoms. The van der Waals surface area contributed by atoms with Crippen molar-refractivity contribution in [2.24, 2.45) is 0 Å². The van der Waals surface area contributed by atoms with Gasteiger partial charge in [-0.3, -0.25) is 4.72 Å². The molecule has 0 fully saturated rings. The summed E-state index contributed by atoms with van der Waals surface area (Å²) >= 11 is 9.73. The number of carbonyl (C=O) groups excluding carboxylic acids is 1. The maximum Gasteiger partial charge on any atom is 0.338 e. The SMILES string of the molecule is COc1ccc2cc1NS(=O)(=O)c1cc(cc(Cl)c1OC)C(=O)OCCc1ccc(Br)cc1-2. The Morgan fingerprint density at radius 1 is 1.03 bits per heavy atom. The van der Waals surface area contributed by atoms with Crippen molar-refractivity contribution < 1.29 is 27.4 Å². The Kier molecular flexibility index (Phi) is 6.56. The van der Waals surface area contributed by atoms with E-state index in [2.05, 4.69) is 20.7 Å². The largest absolute Gasteiger partial charge is 0.495 e. The molecule has 172 valence electrons. The molecule has 33 heavy (non-hydrogen) atoms. The molecule has 1 aliphatic rings. The molecule has 4 bridgehead atoms. The van der Waals surface area contributed by atoms with Gasteiger partial charge in [-0.2, -0.15) is 0 Å². The van der Waals surface area contributed by atoms with E-state index in [0.29, 0.717) is 12.2 Å². The van der Waals surface area contributed by atoms with Gasteiger partial charge in [0.15, 0.2) is 5.75 Å². The third kappa shape index (κ3) is 4.66. The molecule has 3 aromatic rings. The molecule has 0 unspecified atom stereocenters. The lowest BCUT2D eigenvalue weighted by atomic mass is 9.97. The van der Waals surface area contributed by atoms with Crippen LogP contribution in [0.15, 0.2) is 57.9 Å². The van der Waals surface area contributed by atoms with E-state index in [1.165, 1.54) is 26.4 Å². The van der Waals surface area contributed by atoms with Crippen LogP contribution in [0, 0.1) is 0 Å². The van der Waals surface area contributed by atoms with Crippen LogP contribution in [0.4, 0.5) is 5.69 Å². The maximum atomic E-state index is 13.4. The van der Waals surface area contributed by atoms with Crippen molar-refractivity contribution in [3.63, 3.8) is 0 Å². The van der Waals surface area contributed by atoms with E-state index < -0.39 is 16.0 Å². The normalized spacial score (nSPS) is 14.8. The predicted molar refractivity (Wildman–Crippen MR) is 129 cm³/mol. The first-order valence-electron chi connectivity index (χ1n) is 9.78. The summed E-state index contributed by atoms with van der Waals surface area (Å²) in [7, 11) is -1.48. The molecule has 0 aromatic heterocycles. The van der Waals surface area contributed by atoms with Crippen LogP contribution in [0.5, 0.6) is 11.5 Å². The minimum absolute atomic E-state index is 0.00465. The first-order valence-corrected chi connectivity index (χ1v) is 12.4. The molecular formula is C23H19BrClNO6S. The van der Waals surface area contributed by atoms with E-state index in [1.807, 2.05) is 24.3 Å². The standard InChI is InChI=1S/C23H19BrClNO6S/c1-30-20-6-4-14-10-19(20)26-33(28,29)21-11-15(9-18(25)22(21)31-2)23(27)32-8-7-13-3-5-16(24)12-17(13)14/h3-6,9-12,26H,7-8H2,1-2H3. The number of cyclic esters (lactones) is 1. The Balaban J connectivity index is 1.97. The second kappa shape index (κ2) is 9.24. The van der Waals surface area contributed by atoms with Gasteiger partial charge < -0.3 is 14.2 Å². The lowest BCUT2D eigenvalue weighted by Crippen LogP contribution is -2.17. The van der Waals surface area contributed by atoms with Crippen LogP contribution in [0.2, 0.25) is 5.02 Å². The van der Waals surface area contributed by atoms with E-state index >= 15 is 0 Å². The number of ether oxygens (including phenoxy) is 3. The molecule has 0 saturated carbocycles. The van der Waals surface area contributed by atoms with Gasteiger partial charge >= 0.3 is 5.97 Å². The summed E-state index contributed by atoms with van der Waals surface area (Å²) < 4.78 is 46.2. The quantitative estimate of drug-likeness (QED) is 0.434. The van der Waals surface area contributed by atoms with Crippen LogP contribution in [0.1, 0.15) is 15.9 Å². The zero-order valence-corrected chi connectivity index (χ0v) is 20.8. The van der Waals surface area contributed by atoms with Gasteiger partial charge in [0.05, 0.1) is 37.1 Å². The second-order valence-corrected chi connectivity index (χ2v) is 10.2. The maximum absolute atomic E-state index is 13.4. The van der Waals surface area contributed by atoms with Crippen LogP contribution >= 0.6 is 27.5 Å². The zero-order valence-electron chi connectivity index (χ0n) is 17.6. The summed E-state index contributed by atoms with van der Waals surface area (Å²) in [6, 6.07) is 13.5. The molecule has 1 aliphatic heterocycles. The number of esters is 1. The highest BCUT2D eigenvalue weighted by Crippen LogP contribution is 2.38. The molecule has 0 aliphatic carbocycles. The Hall–Kier alpha value is -2.75. The number of rotatable bonds is 2. The fourth-order valence-corrected chi connectivity index (χ4v) is 5.60. The first-order chi connectivity index (χ1) is 15.7. The number of halogens is 2. The molecule has 0 radical (unpaired) electrons. The monoisotopic (exact) mass is 551 g/mol. The highest BCUT2D eigenvalue weighted by atomic mass is 79.9. The summed E-state index contributed by atoms with van der Waals surface area (Å²) in [5.74, 6) is -0.452. The number of nitrogens with one attached hydrogen (secondary N) is 1. The molecule has 0 spiro atoms. The summed E-state index contributed by atoms with van der Waals surface area (Å²) in [4.78, 5) is 12.4. The molecule has 3 aromatic carbocycles. The van der Waals surface area contributed by atoms with Crippen molar-refractivity contribution in [2.75, 3.05) is 25.5 Å². The van der Waals surface area contributed by atoms with Gasteiger partial charge in [-0.1, -0.05) is 39.7 Å². The number of sulfonamides is 1. The van der Waals surface area contributed by atoms with Gasteiger partial charge in [0.1, 0.15) is 10.6 Å². The zero-order chi connectivity index (χ0) is 23.8. The molecule has 7 nitrogen and oxygen atoms in total. The second-order valence-electron chi connectivity index (χ2n) is 7.20. The molecular weight excluding hydrogens is 534 g/mol. The molecule has 0 amide bonds. The number of benzene rings is 3. The van der Waals surface area contributed by atoms with Gasteiger partial charge in [0.25, 0.3) is 10.0 Å². The van der Waals surface area contributed by atoms with Crippen molar-refractivity contribution in [3.8, 4) is 22.6 Å². The molecule has 4 rings (SSSR count). The van der Waals surface area contributed by atoms with E-state index in [0.717, 1.165) is 21.2 Å². The van der Waals surface area contributed by atoms with Gasteiger partial charge in [-0.05, 0) is 53.1 Å². The van der Waals surface area contributed by atoms with Gasteiger partial charge in [0, 0.05) is 10.9 Å². The average Bonchev–Trinajstić information content (AvgIpc) is 2.78. The van der Waals surface area contributed by atoms with Crippen molar-refractivity contribution >= 4 is 49.2 Å². The molecule has 1 N–H and O–H groups in total. The lowest BCUT2D eigenvalue weighted by Gasteiger charge is -2.18. The minimum Gasteiger partial charge on any atom is -0.495 e. The van der Waals surface area contributed by atoms with E-state index in [4.69, 9.17) is 25.8 Å². The van der Waals surface area contributed by atoms with E-state index in [-0.39, 0.29) is 33.5 Å².